The Bertz CT molecular complexity index is 902. The Morgan fingerprint density at radius 3 is 2.66 bits per heavy atom. The zero-order valence-electron chi connectivity index (χ0n) is 16.8. The molecule has 2 aromatic rings. The first-order valence-corrected chi connectivity index (χ1v) is 11.7. The molecule has 1 saturated heterocycles. The molecule has 1 aliphatic carbocycles. The van der Waals surface area contributed by atoms with E-state index in [1.807, 2.05) is 6.92 Å². The molecule has 2 fully saturated rings. The molecule has 1 spiro atoms. The molecular formula is C21H26Cl2N4OS. The minimum Gasteiger partial charge on any atom is -0.390 e. The minimum atomic E-state index is -0.140. The smallest absolute Gasteiger partial charge is 0.153 e. The SMILES string of the molecule is Cc1nc(N2CCC3(CCC[C@H]3C)CC2)c(CO)nc1Sc1ccnc(Cl)c1Cl. The summed E-state index contributed by atoms with van der Waals surface area (Å²) in [6.07, 6.45) is 8.07. The molecule has 1 N–H and O–H groups in total. The van der Waals surface area contributed by atoms with Crippen LogP contribution in [-0.2, 0) is 6.61 Å². The van der Waals surface area contributed by atoms with Gasteiger partial charge in [0.05, 0.1) is 17.3 Å². The van der Waals surface area contributed by atoms with Crippen molar-refractivity contribution < 1.29 is 5.11 Å². The van der Waals surface area contributed by atoms with Crippen LogP contribution in [0.4, 0.5) is 5.82 Å². The fourth-order valence-electron chi connectivity index (χ4n) is 4.79. The molecule has 0 aromatic carbocycles. The number of halogens is 2. The lowest BCUT2D eigenvalue weighted by molar-refractivity contribution is 0.161. The van der Waals surface area contributed by atoms with E-state index < -0.39 is 0 Å². The van der Waals surface area contributed by atoms with Crippen molar-refractivity contribution in [2.24, 2.45) is 11.3 Å². The lowest BCUT2D eigenvalue weighted by Crippen LogP contribution is -2.42. The molecule has 29 heavy (non-hydrogen) atoms. The Morgan fingerprint density at radius 1 is 1.24 bits per heavy atom. The molecular weight excluding hydrogens is 427 g/mol. The quantitative estimate of drug-likeness (QED) is 0.614. The third-order valence-corrected chi connectivity index (χ3v) is 8.68. The van der Waals surface area contributed by atoms with Crippen LogP contribution in [0.15, 0.2) is 22.2 Å². The van der Waals surface area contributed by atoms with Crippen molar-refractivity contribution >= 4 is 40.8 Å². The lowest BCUT2D eigenvalue weighted by atomic mass is 9.71. The Balaban J connectivity index is 1.56. The first-order valence-electron chi connectivity index (χ1n) is 10.1. The van der Waals surface area contributed by atoms with E-state index in [9.17, 15) is 5.11 Å². The maximum atomic E-state index is 9.98. The van der Waals surface area contributed by atoms with Gasteiger partial charge in [-0.25, -0.2) is 15.0 Å². The minimum absolute atomic E-state index is 0.140. The van der Waals surface area contributed by atoms with Gasteiger partial charge in [0, 0.05) is 24.2 Å². The average Bonchev–Trinajstić information content (AvgIpc) is 3.07. The summed E-state index contributed by atoms with van der Waals surface area (Å²) in [5.41, 5.74) is 1.94. The van der Waals surface area contributed by atoms with E-state index in [1.54, 1.807) is 12.3 Å². The molecule has 0 bridgehead atoms. The molecule has 8 heteroatoms. The Hall–Kier alpha value is -1.08. The summed E-state index contributed by atoms with van der Waals surface area (Å²) >= 11 is 13.7. The number of rotatable bonds is 4. The van der Waals surface area contributed by atoms with Crippen LogP contribution in [-0.4, -0.2) is 33.1 Å². The van der Waals surface area contributed by atoms with Gasteiger partial charge >= 0.3 is 0 Å². The topological polar surface area (TPSA) is 62.1 Å². The molecule has 0 unspecified atom stereocenters. The number of aliphatic hydroxyl groups excluding tert-OH is 1. The molecule has 2 aromatic heterocycles. The zero-order valence-corrected chi connectivity index (χ0v) is 19.1. The van der Waals surface area contributed by atoms with E-state index in [0.717, 1.165) is 40.4 Å². The number of anilines is 1. The maximum Gasteiger partial charge on any atom is 0.153 e. The van der Waals surface area contributed by atoms with Crippen molar-refractivity contribution in [3.05, 3.63) is 33.8 Å². The van der Waals surface area contributed by atoms with E-state index in [-0.39, 0.29) is 11.8 Å². The van der Waals surface area contributed by atoms with Crippen LogP contribution in [0.25, 0.3) is 0 Å². The highest BCUT2D eigenvalue weighted by Gasteiger charge is 2.42. The number of aromatic nitrogens is 3. The summed E-state index contributed by atoms with van der Waals surface area (Å²) in [6, 6.07) is 1.80. The van der Waals surface area contributed by atoms with Gasteiger partial charge in [0.15, 0.2) is 5.82 Å². The number of aliphatic hydroxyl groups is 1. The molecule has 1 atom stereocenters. The second kappa shape index (κ2) is 8.58. The van der Waals surface area contributed by atoms with Crippen LogP contribution in [0.3, 0.4) is 0 Å². The summed E-state index contributed by atoms with van der Waals surface area (Å²) in [7, 11) is 0. The molecule has 156 valence electrons. The maximum absolute atomic E-state index is 9.98. The van der Waals surface area contributed by atoms with Crippen molar-refractivity contribution in [3.63, 3.8) is 0 Å². The number of hydrogen-bond donors (Lipinski definition) is 1. The van der Waals surface area contributed by atoms with Gasteiger partial charge in [-0.3, -0.25) is 0 Å². The number of pyridine rings is 1. The summed E-state index contributed by atoms with van der Waals surface area (Å²) in [4.78, 5) is 16.6. The van der Waals surface area contributed by atoms with Gasteiger partial charge in [0.2, 0.25) is 0 Å². The summed E-state index contributed by atoms with van der Waals surface area (Å²) in [6.45, 7) is 6.17. The van der Waals surface area contributed by atoms with Gasteiger partial charge in [0.1, 0.15) is 15.9 Å². The third-order valence-electron chi connectivity index (χ3n) is 6.66. The van der Waals surface area contributed by atoms with Crippen molar-refractivity contribution in [2.75, 3.05) is 18.0 Å². The second-order valence-corrected chi connectivity index (χ2v) is 9.97. The lowest BCUT2D eigenvalue weighted by Gasteiger charge is -2.43. The average molecular weight is 453 g/mol. The fourth-order valence-corrected chi connectivity index (χ4v) is 6.10. The van der Waals surface area contributed by atoms with Gasteiger partial charge in [-0.05, 0) is 43.6 Å². The third kappa shape index (κ3) is 4.09. The molecule has 0 radical (unpaired) electrons. The van der Waals surface area contributed by atoms with E-state index in [2.05, 4.69) is 16.8 Å². The van der Waals surface area contributed by atoms with Gasteiger partial charge in [-0.1, -0.05) is 54.7 Å². The van der Waals surface area contributed by atoms with Crippen LogP contribution in [0.1, 0.15) is 50.4 Å². The standard InChI is InChI=1S/C21H26Cl2N4OS/c1-13-4-3-6-21(13)7-10-27(11-8-21)19-15(12-28)26-20(14(2)25-19)29-16-5-9-24-18(23)17(16)22/h5,9,13,28H,3-4,6-8,10-12H2,1-2H3/t13-/m1/s1. The Kier molecular flexibility index (Phi) is 6.26. The molecule has 5 nitrogen and oxygen atoms in total. The molecule has 1 saturated carbocycles. The largest absolute Gasteiger partial charge is 0.390 e. The number of hydrogen-bond acceptors (Lipinski definition) is 6. The molecule has 2 aliphatic rings. The van der Waals surface area contributed by atoms with Crippen LogP contribution in [0, 0.1) is 18.3 Å². The van der Waals surface area contributed by atoms with Gasteiger partial charge in [-0.2, -0.15) is 0 Å². The van der Waals surface area contributed by atoms with Gasteiger partial charge < -0.3 is 10.0 Å². The van der Waals surface area contributed by atoms with Gasteiger partial charge in [-0.15, -0.1) is 0 Å². The zero-order chi connectivity index (χ0) is 20.6. The van der Waals surface area contributed by atoms with Crippen LogP contribution in [0.5, 0.6) is 0 Å². The van der Waals surface area contributed by atoms with Crippen molar-refractivity contribution in [1.29, 1.82) is 0 Å². The molecule has 1 aliphatic heterocycles. The number of piperidine rings is 1. The molecule has 0 amide bonds. The monoisotopic (exact) mass is 452 g/mol. The first kappa shape index (κ1) is 21.2. The first-order chi connectivity index (χ1) is 13.9. The summed E-state index contributed by atoms with van der Waals surface area (Å²) < 4.78 is 0. The van der Waals surface area contributed by atoms with Crippen LogP contribution >= 0.6 is 35.0 Å². The summed E-state index contributed by atoms with van der Waals surface area (Å²) in [5, 5.41) is 11.4. The highest BCUT2D eigenvalue weighted by molar-refractivity contribution is 7.99. The predicted octanol–water partition coefficient (Wildman–Crippen LogP) is 5.54. The number of nitrogens with zero attached hydrogens (tertiary/aromatic N) is 4. The van der Waals surface area contributed by atoms with Crippen LogP contribution in [0.2, 0.25) is 10.2 Å². The van der Waals surface area contributed by atoms with E-state index >= 15 is 0 Å². The van der Waals surface area contributed by atoms with Crippen molar-refractivity contribution in [2.45, 2.75) is 62.5 Å². The second-order valence-electron chi connectivity index (χ2n) is 8.20. The normalized spacial score (nSPS) is 21.1. The number of aryl methyl sites for hydroxylation is 1. The summed E-state index contributed by atoms with van der Waals surface area (Å²) in [5.74, 6) is 1.62. The van der Waals surface area contributed by atoms with Crippen molar-refractivity contribution in [3.8, 4) is 0 Å². The van der Waals surface area contributed by atoms with E-state index in [0.29, 0.717) is 16.1 Å². The molecule has 4 rings (SSSR count). The fraction of sp³-hybridized carbons (Fsp3) is 0.571. The molecule has 3 heterocycles. The Morgan fingerprint density at radius 2 is 2.00 bits per heavy atom. The van der Waals surface area contributed by atoms with Crippen molar-refractivity contribution in [1.82, 2.24) is 15.0 Å². The van der Waals surface area contributed by atoms with E-state index in [1.165, 1.54) is 43.9 Å². The van der Waals surface area contributed by atoms with E-state index in [4.69, 9.17) is 33.2 Å². The highest BCUT2D eigenvalue weighted by Crippen LogP contribution is 2.50. The van der Waals surface area contributed by atoms with Crippen LogP contribution < -0.4 is 4.90 Å². The predicted molar refractivity (Wildman–Crippen MR) is 118 cm³/mol. The Labute approximate surface area is 186 Å². The van der Waals surface area contributed by atoms with Gasteiger partial charge in [0.25, 0.3) is 0 Å². The highest BCUT2D eigenvalue weighted by atomic mass is 35.5.